The fourth-order valence-corrected chi connectivity index (χ4v) is 2.67. The van der Waals surface area contributed by atoms with Crippen molar-refractivity contribution in [2.24, 2.45) is 11.7 Å². The van der Waals surface area contributed by atoms with Gasteiger partial charge in [-0.25, -0.2) is 0 Å². The highest BCUT2D eigenvalue weighted by Crippen LogP contribution is 2.29. The van der Waals surface area contributed by atoms with Crippen LogP contribution in [0.2, 0.25) is 0 Å². The molecular weight excluding hydrogens is 210 g/mol. The Morgan fingerprint density at radius 2 is 2.35 bits per heavy atom. The Morgan fingerprint density at radius 1 is 1.53 bits per heavy atom. The molecule has 1 aliphatic heterocycles. The average Bonchev–Trinajstić information content (AvgIpc) is 2.77. The van der Waals surface area contributed by atoms with Crippen molar-refractivity contribution in [3.8, 4) is 0 Å². The number of nitrogens with two attached hydrogens (primary N) is 1. The summed E-state index contributed by atoms with van der Waals surface area (Å²) in [6.07, 6.45) is 4.14. The summed E-state index contributed by atoms with van der Waals surface area (Å²) in [7, 11) is 0. The summed E-state index contributed by atoms with van der Waals surface area (Å²) in [5.41, 5.74) is 7.41. The van der Waals surface area contributed by atoms with Gasteiger partial charge in [-0.15, -0.1) is 0 Å². The Balaban J connectivity index is 2.20. The van der Waals surface area contributed by atoms with Crippen LogP contribution in [-0.2, 0) is 0 Å². The lowest BCUT2D eigenvalue weighted by atomic mass is 10.0. The summed E-state index contributed by atoms with van der Waals surface area (Å²) in [4.78, 5) is 7.00. The standard InChI is InChI=1S/C14H23N3/c1-3-12(15)14(13-6-4-5-8-16-13)17-9-7-11(2)10-17/h4-6,8,11-12,14H,3,7,9-10,15H2,1-2H3. The van der Waals surface area contributed by atoms with E-state index >= 15 is 0 Å². The van der Waals surface area contributed by atoms with Crippen LogP contribution in [0, 0.1) is 5.92 Å². The molecule has 0 radical (unpaired) electrons. The second-order valence-corrected chi connectivity index (χ2v) is 5.16. The number of rotatable bonds is 4. The maximum Gasteiger partial charge on any atom is 0.0673 e. The molecule has 17 heavy (non-hydrogen) atoms. The zero-order valence-electron chi connectivity index (χ0n) is 10.8. The van der Waals surface area contributed by atoms with E-state index in [9.17, 15) is 0 Å². The van der Waals surface area contributed by atoms with E-state index in [4.69, 9.17) is 5.73 Å². The van der Waals surface area contributed by atoms with Crippen LogP contribution in [0.3, 0.4) is 0 Å². The molecule has 2 rings (SSSR count). The molecule has 0 spiro atoms. The van der Waals surface area contributed by atoms with Crippen LogP contribution in [0.25, 0.3) is 0 Å². The molecule has 1 fully saturated rings. The zero-order chi connectivity index (χ0) is 12.3. The van der Waals surface area contributed by atoms with Gasteiger partial charge < -0.3 is 5.73 Å². The third-order valence-electron chi connectivity index (χ3n) is 3.72. The number of aromatic nitrogens is 1. The molecular formula is C14H23N3. The van der Waals surface area contributed by atoms with Crippen LogP contribution in [0.15, 0.2) is 24.4 Å². The minimum atomic E-state index is 0.176. The molecule has 3 nitrogen and oxygen atoms in total. The molecule has 1 aromatic heterocycles. The van der Waals surface area contributed by atoms with Crippen LogP contribution < -0.4 is 5.73 Å². The molecule has 0 amide bonds. The van der Waals surface area contributed by atoms with Gasteiger partial charge in [0.25, 0.3) is 0 Å². The Bertz CT molecular complexity index is 339. The lowest BCUT2D eigenvalue weighted by molar-refractivity contribution is 0.199. The molecule has 0 saturated carbocycles. The quantitative estimate of drug-likeness (QED) is 0.867. The topological polar surface area (TPSA) is 42.1 Å². The molecule has 3 heteroatoms. The molecule has 2 heterocycles. The summed E-state index contributed by atoms with van der Waals surface area (Å²) < 4.78 is 0. The van der Waals surface area contributed by atoms with Gasteiger partial charge in [0.15, 0.2) is 0 Å². The van der Waals surface area contributed by atoms with Crippen LogP contribution in [0.1, 0.15) is 38.4 Å². The number of hydrogen-bond donors (Lipinski definition) is 1. The summed E-state index contributed by atoms with van der Waals surface area (Å²) in [5.74, 6) is 0.783. The summed E-state index contributed by atoms with van der Waals surface area (Å²) >= 11 is 0. The zero-order valence-corrected chi connectivity index (χ0v) is 10.8. The number of hydrogen-bond acceptors (Lipinski definition) is 3. The molecule has 0 aliphatic carbocycles. The second kappa shape index (κ2) is 5.61. The van der Waals surface area contributed by atoms with E-state index in [-0.39, 0.29) is 12.1 Å². The SMILES string of the molecule is CCC(N)C(c1ccccn1)N1CCC(C)C1. The summed E-state index contributed by atoms with van der Waals surface area (Å²) in [5, 5.41) is 0. The molecule has 0 bridgehead atoms. The summed E-state index contributed by atoms with van der Waals surface area (Å²) in [6, 6.07) is 6.58. The number of nitrogens with zero attached hydrogens (tertiary/aromatic N) is 2. The third-order valence-corrected chi connectivity index (χ3v) is 3.72. The first kappa shape index (κ1) is 12.5. The molecule has 3 atom stereocenters. The van der Waals surface area contributed by atoms with Crippen LogP contribution in [0.4, 0.5) is 0 Å². The Hall–Kier alpha value is -0.930. The van der Waals surface area contributed by atoms with Crippen molar-refractivity contribution in [1.29, 1.82) is 0 Å². The van der Waals surface area contributed by atoms with Gasteiger partial charge in [-0.2, -0.15) is 0 Å². The highest BCUT2D eigenvalue weighted by Gasteiger charge is 2.31. The van der Waals surface area contributed by atoms with Crippen LogP contribution >= 0.6 is 0 Å². The molecule has 1 aromatic rings. The van der Waals surface area contributed by atoms with E-state index in [1.165, 1.54) is 6.42 Å². The fraction of sp³-hybridized carbons (Fsp3) is 0.643. The monoisotopic (exact) mass is 233 g/mol. The molecule has 3 unspecified atom stereocenters. The first-order valence-corrected chi connectivity index (χ1v) is 6.63. The van der Waals surface area contributed by atoms with Crippen LogP contribution in [-0.4, -0.2) is 29.0 Å². The van der Waals surface area contributed by atoms with Crippen molar-refractivity contribution in [3.05, 3.63) is 30.1 Å². The Morgan fingerprint density at radius 3 is 2.88 bits per heavy atom. The van der Waals surface area contributed by atoms with Gasteiger partial charge in [0.2, 0.25) is 0 Å². The van der Waals surface area contributed by atoms with Crippen molar-refractivity contribution in [3.63, 3.8) is 0 Å². The molecule has 2 N–H and O–H groups in total. The Labute approximate surface area is 104 Å². The van der Waals surface area contributed by atoms with Gasteiger partial charge >= 0.3 is 0 Å². The fourth-order valence-electron chi connectivity index (χ4n) is 2.67. The molecule has 0 aromatic carbocycles. The second-order valence-electron chi connectivity index (χ2n) is 5.16. The minimum Gasteiger partial charge on any atom is -0.326 e. The van der Waals surface area contributed by atoms with E-state index in [0.29, 0.717) is 0 Å². The minimum absolute atomic E-state index is 0.176. The highest BCUT2D eigenvalue weighted by atomic mass is 15.2. The number of pyridine rings is 1. The molecule has 1 saturated heterocycles. The van der Waals surface area contributed by atoms with Gasteiger partial charge in [-0.1, -0.05) is 19.9 Å². The molecule has 94 valence electrons. The highest BCUT2D eigenvalue weighted by molar-refractivity contribution is 5.12. The van der Waals surface area contributed by atoms with Crippen molar-refractivity contribution >= 4 is 0 Å². The van der Waals surface area contributed by atoms with Gasteiger partial charge in [0, 0.05) is 18.8 Å². The van der Waals surface area contributed by atoms with E-state index in [1.807, 2.05) is 12.3 Å². The van der Waals surface area contributed by atoms with Crippen molar-refractivity contribution in [2.75, 3.05) is 13.1 Å². The molecule has 1 aliphatic rings. The first-order valence-electron chi connectivity index (χ1n) is 6.63. The Kier molecular flexibility index (Phi) is 4.13. The van der Waals surface area contributed by atoms with E-state index in [1.54, 1.807) is 0 Å². The maximum atomic E-state index is 6.29. The average molecular weight is 233 g/mol. The smallest absolute Gasteiger partial charge is 0.0673 e. The van der Waals surface area contributed by atoms with Gasteiger partial charge in [0.05, 0.1) is 11.7 Å². The van der Waals surface area contributed by atoms with E-state index in [2.05, 4.69) is 35.9 Å². The predicted octanol–water partition coefficient (Wildman–Crippen LogP) is 2.20. The van der Waals surface area contributed by atoms with Crippen LogP contribution in [0.5, 0.6) is 0 Å². The number of likely N-dealkylation sites (tertiary alicyclic amines) is 1. The first-order chi connectivity index (χ1) is 8.22. The van der Waals surface area contributed by atoms with Gasteiger partial charge in [-0.05, 0) is 37.4 Å². The maximum absolute atomic E-state index is 6.29. The van der Waals surface area contributed by atoms with Crippen molar-refractivity contribution in [1.82, 2.24) is 9.88 Å². The van der Waals surface area contributed by atoms with E-state index < -0.39 is 0 Å². The predicted molar refractivity (Wildman–Crippen MR) is 70.6 cm³/mol. The largest absolute Gasteiger partial charge is 0.326 e. The lowest BCUT2D eigenvalue weighted by Crippen LogP contribution is -2.40. The van der Waals surface area contributed by atoms with Crippen molar-refractivity contribution in [2.45, 2.75) is 38.8 Å². The lowest BCUT2D eigenvalue weighted by Gasteiger charge is -2.31. The normalized spacial score (nSPS) is 24.8. The van der Waals surface area contributed by atoms with Gasteiger partial charge in [-0.3, -0.25) is 9.88 Å². The summed E-state index contributed by atoms with van der Waals surface area (Å²) in [6.45, 7) is 6.76. The van der Waals surface area contributed by atoms with E-state index in [0.717, 1.165) is 31.1 Å². The van der Waals surface area contributed by atoms with Crippen molar-refractivity contribution < 1.29 is 0 Å². The third kappa shape index (κ3) is 2.85. The van der Waals surface area contributed by atoms with Gasteiger partial charge in [0.1, 0.15) is 0 Å².